The first kappa shape index (κ1) is 39.2. The van der Waals surface area contributed by atoms with Crippen LogP contribution in [0.5, 0.6) is 0 Å². The molecule has 2 aliphatic heterocycles. The monoisotopic (exact) mass is 749 g/mol. The number of fused-ring (bicyclic) bond motifs is 1. The van der Waals surface area contributed by atoms with Crippen LogP contribution in [0.15, 0.2) is 103 Å². The Kier molecular flexibility index (Phi) is 14.3. The number of sulfonamides is 1. The van der Waals surface area contributed by atoms with E-state index in [9.17, 15) is 18.0 Å². The van der Waals surface area contributed by atoms with Gasteiger partial charge in [-0.2, -0.15) is 4.31 Å². The Labute approximate surface area is 309 Å². The molecule has 14 heteroatoms. The van der Waals surface area contributed by atoms with E-state index in [4.69, 9.17) is 23.2 Å². The minimum Gasteiger partial charge on any atom is -0.355 e. The molecule has 7 rings (SSSR count). The number of amides is 2. The smallest absolute Gasteiger partial charge is 0.260 e. The van der Waals surface area contributed by atoms with Gasteiger partial charge in [0.15, 0.2) is 5.03 Å². The highest BCUT2D eigenvalue weighted by Gasteiger charge is 2.45. The number of aromatic nitrogens is 4. The average Bonchev–Trinajstić information content (AvgIpc) is 3.67. The second kappa shape index (κ2) is 18.6. The molecular formula is C37H41Cl2N7O4S. The van der Waals surface area contributed by atoms with Crippen LogP contribution in [0, 0.1) is 0 Å². The normalized spacial score (nSPS) is 14.7. The third-order valence-corrected chi connectivity index (χ3v) is 10.1. The number of imidazole rings is 1. The van der Waals surface area contributed by atoms with Gasteiger partial charge in [0.05, 0.1) is 11.9 Å². The van der Waals surface area contributed by atoms with Crippen molar-refractivity contribution in [1.29, 1.82) is 0 Å². The Balaban J connectivity index is 0.000000355. The molecule has 0 aliphatic carbocycles. The molecule has 1 fully saturated rings. The van der Waals surface area contributed by atoms with Gasteiger partial charge in [-0.15, -0.1) is 0 Å². The summed E-state index contributed by atoms with van der Waals surface area (Å²) in [6.45, 7) is 9.50. The largest absolute Gasteiger partial charge is 0.355 e. The first-order valence-electron chi connectivity index (χ1n) is 16.7. The summed E-state index contributed by atoms with van der Waals surface area (Å²) in [6, 6.07) is 21.4. The zero-order chi connectivity index (χ0) is 37.0. The van der Waals surface area contributed by atoms with Crippen molar-refractivity contribution in [1.82, 2.24) is 29.1 Å². The highest BCUT2D eigenvalue weighted by atomic mass is 35.5. The molecule has 2 aliphatic rings. The molecule has 5 aromatic rings. The van der Waals surface area contributed by atoms with Crippen molar-refractivity contribution in [3.63, 3.8) is 0 Å². The molecule has 0 bridgehead atoms. The molecule has 2 aromatic heterocycles. The fraction of sp³-hybridized carbons (Fsp3) is 0.270. The minimum absolute atomic E-state index is 0.00534. The maximum Gasteiger partial charge on any atom is 0.260 e. The Hall–Kier alpha value is -4.62. The highest BCUT2D eigenvalue weighted by molar-refractivity contribution is 7.89. The van der Waals surface area contributed by atoms with Gasteiger partial charge in [-0.05, 0) is 41.3 Å². The number of hydrogen-bond donors (Lipinski definition) is 1. The van der Waals surface area contributed by atoms with Crippen LogP contribution in [-0.2, 0) is 32.6 Å². The van der Waals surface area contributed by atoms with Crippen LogP contribution in [0.3, 0.4) is 0 Å². The summed E-state index contributed by atoms with van der Waals surface area (Å²) in [7, 11) is -3.81. The molecule has 1 N–H and O–H groups in total. The summed E-state index contributed by atoms with van der Waals surface area (Å²) in [4.78, 5) is 37.6. The number of nitrogens with one attached hydrogen (secondary N) is 1. The van der Waals surface area contributed by atoms with Crippen LogP contribution < -0.4 is 10.2 Å². The van der Waals surface area contributed by atoms with Gasteiger partial charge in [0.2, 0.25) is 12.4 Å². The van der Waals surface area contributed by atoms with Crippen LogP contribution in [-0.4, -0.2) is 57.6 Å². The van der Waals surface area contributed by atoms with E-state index in [0.717, 1.165) is 28.7 Å². The average molecular weight is 751 g/mol. The number of halogens is 2. The Morgan fingerprint density at radius 3 is 2.04 bits per heavy atom. The summed E-state index contributed by atoms with van der Waals surface area (Å²) in [5.74, 6) is -0.104. The maximum atomic E-state index is 13.8. The van der Waals surface area contributed by atoms with Crippen molar-refractivity contribution < 1.29 is 18.0 Å². The molecule has 11 nitrogen and oxygen atoms in total. The second-order valence-electron chi connectivity index (χ2n) is 10.9. The van der Waals surface area contributed by atoms with E-state index in [-0.39, 0.29) is 23.3 Å². The lowest BCUT2D eigenvalue weighted by Gasteiger charge is -2.30. The zero-order valence-corrected chi connectivity index (χ0v) is 31.2. The van der Waals surface area contributed by atoms with E-state index in [0.29, 0.717) is 41.8 Å². The lowest BCUT2D eigenvalue weighted by molar-refractivity contribution is -0.119. The van der Waals surface area contributed by atoms with E-state index in [1.165, 1.54) is 26.3 Å². The van der Waals surface area contributed by atoms with Crippen molar-refractivity contribution in [2.75, 3.05) is 18.0 Å². The summed E-state index contributed by atoms with van der Waals surface area (Å²) < 4.78 is 29.7. The molecule has 3 aromatic carbocycles. The van der Waals surface area contributed by atoms with E-state index in [1.807, 2.05) is 82.3 Å². The molecule has 0 radical (unpaired) electrons. The number of rotatable bonds is 9. The van der Waals surface area contributed by atoms with Gasteiger partial charge in [-0.3, -0.25) is 14.2 Å². The highest BCUT2D eigenvalue weighted by Crippen LogP contribution is 2.42. The fourth-order valence-electron chi connectivity index (χ4n) is 5.35. The van der Waals surface area contributed by atoms with Gasteiger partial charge < -0.3 is 5.32 Å². The van der Waals surface area contributed by atoms with Crippen molar-refractivity contribution >= 4 is 57.2 Å². The summed E-state index contributed by atoms with van der Waals surface area (Å²) in [5.41, 5.74) is 4.20. The number of anilines is 2. The van der Waals surface area contributed by atoms with Gasteiger partial charge in [0.25, 0.3) is 15.9 Å². The van der Waals surface area contributed by atoms with Gasteiger partial charge in [0, 0.05) is 54.1 Å². The number of benzene rings is 3. The van der Waals surface area contributed by atoms with Crippen LogP contribution in [0.25, 0.3) is 11.1 Å². The van der Waals surface area contributed by atoms with Crippen molar-refractivity contribution in [3.8, 4) is 11.1 Å². The van der Waals surface area contributed by atoms with Gasteiger partial charge in [-0.1, -0.05) is 105 Å². The molecule has 268 valence electrons. The van der Waals surface area contributed by atoms with E-state index in [2.05, 4.69) is 20.3 Å². The first-order chi connectivity index (χ1) is 24.8. The molecule has 0 saturated carbocycles. The third kappa shape index (κ3) is 9.19. The maximum absolute atomic E-state index is 13.8. The standard InChI is InChI=1S/C25H20Cl2N6O3S.C8H9NO.2C2H6/c26-19-9-20(27)11-21(10-19)32-24(34)22(8-16-2-4-17(5-3-16)18-12-28-15-29-13-18)33-23(14-30-25(32)33)37(35,36)31-6-1-7-31;10-7-9-6-8-4-2-1-3-5-8;2*1-2/h2-5,9-15,22H,1,6-8H2;1-5,7H,6H2,(H,9,10);2*1-2H3. The Bertz CT molecular complexity index is 1970. The Morgan fingerprint density at radius 1 is 0.843 bits per heavy atom. The van der Waals surface area contributed by atoms with E-state index >= 15 is 0 Å². The number of carbonyl (C=O) groups excluding carboxylic acids is 2. The van der Waals surface area contributed by atoms with Gasteiger partial charge >= 0.3 is 0 Å². The topological polar surface area (TPSA) is 130 Å². The van der Waals surface area contributed by atoms with Gasteiger partial charge in [0.1, 0.15) is 12.4 Å². The summed E-state index contributed by atoms with van der Waals surface area (Å²) in [5, 5.41) is 3.28. The molecule has 1 atom stereocenters. The predicted molar refractivity (Wildman–Crippen MR) is 201 cm³/mol. The molecule has 0 spiro atoms. The minimum atomic E-state index is -3.81. The van der Waals surface area contributed by atoms with Gasteiger partial charge in [-0.25, -0.2) is 28.3 Å². The molecule has 1 unspecified atom stereocenters. The summed E-state index contributed by atoms with van der Waals surface area (Å²) >= 11 is 12.4. The second-order valence-corrected chi connectivity index (χ2v) is 13.6. The molecule has 4 heterocycles. The fourth-order valence-corrected chi connectivity index (χ4v) is 7.51. The van der Waals surface area contributed by atoms with Crippen molar-refractivity contribution in [2.45, 2.75) is 58.1 Å². The quantitative estimate of drug-likeness (QED) is 0.155. The van der Waals surface area contributed by atoms with Crippen LogP contribution in [0.4, 0.5) is 11.6 Å². The van der Waals surface area contributed by atoms with Crippen LogP contribution >= 0.6 is 23.2 Å². The first-order valence-corrected chi connectivity index (χ1v) is 18.9. The van der Waals surface area contributed by atoms with Crippen molar-refractivity contribution in [2.24, 2.45) is 0 Å². The van der Waals surface area contributed by atoms with E-state index < -0.39 is 16.1 Å². The third-order valence-electron chi connectivity index (χ3n) is 7.79. The summed E-state index contributed by atoms with van der Waals surface area (Å²) in [6.07, 6.45) is 8.00. The molecule has 51 heavy (non-hydrogen) atoms. The Morgan fingerprint density at radius 2 is 1.47 bits per heavy atom. The van der Waals surface area contributed by atoms with E-state index in [1.54, 1.807) is 30.6 Å². The van der Waals surface area contributed by atoms with Crippen molar-refractivity contribution in [3.05, 3.63) is 119 Å². The zero-order valence-electron chi connectivity index (χ0n) is 28.9. The number of nitrogens with zero attached hydrogens (tertiary/aromatic N) is 6. The number of hydrogen-bond acceptors (Lipinski definition) is 7. The predicted octanol–water partition coefficient (Wildman–Crippen LogP) is 7.49. The lowest BCUT2D eigenvalue weighted by Crippen LogP contribution is -2.42. The number of carbonyl (C=O) groups is 2. The molecule has 1 saturated heterocycles. The van der Waals surface area contributed by atoms with Crippen LogP contribution in [0.2, 0.25) is 10.0 Å². The molecule has 2 amide bonds. The SMILES string of the molecule is CC.CC.O=C1C(Cc2ccc(-c3cncnc3)cc2)n2c(S(=O)(=O)N3CCC3)cnc2N1c1cc(Cl)cc(Cl)c1.O=CNCc1ccccc1. The molecular weight excluding hydrogens is 709 g/mol. The van der Waals surface area contributed by atoms with Crippen LogP contribution in [0.1, 0.15) is 51.3 Å². The lowest BCUT2D eigenvalue weighted by atomic mass is 10.0.